The minimum Gasteiger partial charge on any atom is -0.611 e. The topological polar surface area (TPSA) is 74.3 Å². The summed E-state index contributed by atoms with van der Waals surface area (Å²) in [7, 11) is -3.61. The van der Waals surface area contributed by atoms with Gasteiger partial charge >= 0.3 is 0 Å². The van der Waals surface area contributed by atoms with Gasteiger partial charge in [-0.1, -0.05) is 13.8 Å². The fourth-order valence-corrected chi connectivity index (χ4v) is 4.78. The lowest BCUT2D eigenvalue weighted by Gasteiger charge is -2.20. The molecule has 0 heterocycles. The van der Waals surface area contributed by atoms with Crippen LogP contribution >= 0.6 is 11.6 Å². The predicted octanol–water partition coefficient (Wildman–Crippen LogP) is 2.94. The zero-order valence-corrected chi connectivity index (χ0v) is 14.9. The summed E-state index contributed by atoms with van der Waals surface area (Å²) in [6.07, 6.45) is 2.20. The number of carbonyl (C=O) groups is 1. The van der Waals surface area contributed by atoms with E-state index in [1.165, 1.54) is 12.1 Å². The van der Waals surface area contributed by atoms with Gasteiger partial charge in [-0.05, 0) is 60.2 Å². The molecule has 0 fully saturated rings. The first-order valence-electron chi connectivity index (χ1n) is 6.60. The summed E-state index contributed by atoms with van der Waals surface area (Å²) in [6, 6.07) is 2.79. The lowest BCUT2D eigenvalue weighted by atomic mass is 10.1. The maximum absolute atomic E-state index is 12.5. The Morgan fingerprint density at radius 1 is 1.38 bits per heavy atom. The first-order chi connectivity index (χ1) is 9.63. The van der Waals surface area contributed by atoms with Crippen LogP contribution in [0.2, 0.25) is 0 Å². The summed E-state index contributed by atoms with van der Waals surface area (Å²) in [5.41, 5.74) is 0.763. The summed E-state index contributed by atoms with van der Waals surface area (Å²) in [6.45, 7) is 5.52. The SMILES string of the molecule is CCc1cc([S+]([O-])C(C)CC)c(S(C)(=O)=O)cc1C(=O)Cl. The van der Waals surface area contributed by atoms with Gasteiger partial charge in [0.05, 0.1) is 0 Å². The number of halogens is 1. The minimum absolute atomic E-state index is 0.0812. The molecule has 2 atom stereocenters. The van der Waals surface area contributed by atoms with Crippen molar-refractivity contribution in [1.29, 1.82) is 0 Å². The van der Waals surface area contributed by atoms with Crippen LogP contribution in [0.5, 0.6) is 0 Å². The van der Waals surface area contributed by atoms with Crippen molar-refractivity contribution < 1.29 is 17.8 Å². The first kappa shape index (κ1) is 18.5. The van der Waals surface area contributed by atoms with Crippen LogP contribution in [0.1, 0.15) is 43.1 Å². The molecule has 2 unspecified atom stereocenters. The zero-order chi connectivity index (χ0) is 16.4. The maximum atomic E-state index is 12.5. The van der Waals surface area contributed by atoms with Gasteiger partial charge in [-0.25, -0.2) is 8.42 Å². The second-order valence-electron chi connectivity index (χ2n) is 4.87. The van der Waals surface area contributed by atoms with Crippen LogP contribution in [0.15, 0.2) is 21.9 Å². The van der Waals surface area contributed by atoms with E-state index in [0.29, 0.717) is 18.4 Å². The van der Waals surface area contributed by atoms with Gasteiger partial charge in [-0.3, -0.25) is 4.79 Å². The van der Waals surface area contributed by atoms with Crippen molar-refractivity contribution in [3.63, 3.8) is 0 Å². The molecular formula is C14H19ClO4S2. The van der Waals surface area contributed by atoms with Crippen LogP contribution in [0, 0.1) is 0 Å². The number of rotatable bonds is 6. The monoisotopic (exact) mass is 350 g/mol. The van der Waals surface area contributed by atoms with Crippen LogP contribution in [0.3, 0.4) is 0 Å². The van der Waals surface area contributed by atoms with E-state index in [9.17, 15) is 17.8 Å². The molecule has 0 saturated carbocycles. The highest BCUT2D eigenvalue weighted by Crippen LogP contribution is 2.30. The quantitative estimate of drug-likeness (QED) is 0.584. The fourth-order valence-electron chi connectivity index (χ4n) is 1.89. The molecule has 0 aliphatic heterocycles. The number of benzene rings is 1. The molecule has 1 aromatic rings. The summed E-state index contributed by atoms with van der Waals surface area (Å²) in [5.74, 6) is 0. The third kappa shape index (κ3) is 4.22. The molecule has 0 aliphatic rings. The Hall–Kier alpha value is -0.560. The Labute approximate surface area is 134 Å². The van der Waals surface area contributed by atoms with Crippen molar-refractivity contribution in [2.24, 2.45) is 0 Å². The molecule has 0 radical (unpaired) electrons. The van der Waals surface area contributed by atoms with Gasteiger partial charge in [-0.15, -0.1) is 0 Å². The summed E-state index contributed by atoms with van der Waals surface area (Å²) in [4.78, 5) is 11.6. The lowest BCUT2D eigenvalue weighted by Crippen LogP contribution is -2.20. The Morgan fingerprint density at radius 2 is 1.95 bits per heavy atom. The van der Waals surface area contributed by atoms with Crippen LogP contribution < -0.4 is 0 Å². The molecule has 7 heteroatoms. The van der Waals surface area contributed by atoms with Gasteiger partial charge in [0.15, 0.2) is 14.7 Å². The summed E-state index contributed by atoms with van der Waals surface area (Å²) >= 11 is 4.07. The third-order valence-corrected chi connectivity index (χ3v) is 6.62. The molecule has 0 aromatic heterocycles. The second kappa shape index (κ2) is 7.13. The van der Waals surface area contributed by atoms with E-state index in [1.54, 1.807) is 6.92 Å². The first-order valence-corrected chi connectivity index (χ1v) is 10.1. The van der Waals surface area contributed by atoms with E-state index >= 15 is 0 Å². The van der Waals surface area contributed by atoms with E-state index in [0.717, 1.165) is 6.26 Å². The van der Waals surface area contributed by atoms with Gasteiger partial charge in [0.2, 0.25) is 0 Å². The normalized spacial score (nSPS) is 14.8. The van der Waals surface area contributed by atoms with E-state index in [4.69, 9.17) is 11.6 Å². The number of hydrogen-bond acceptors (Lipinski definition) is 4. The van der Waals surface area contributed by atoms with Gasteiger partial charge in [-0.2, -0.15) is 0 Å². The predicted molar refractivity (Wildman–Crippen MR) is 85.3 cm³/mol. The smallest absolute Gasteiger partial charge is 0.252 e. The average Bonchev–Trinajstić information content (AvgIpc) is 2.42. The van der Waals surface area contributed by atoms with Crippen LogP contribution in [0.25, 0.3) is 0 Å². The van der Waals surface area contributed by atoms with Gasteiger partial charge < -0.3 is 4.55 Å². The van der Waals surface area contributed by atoms with Crippen molar-refractivity contribution in [2.75, 3.05) is 6.26 Å². The Kier molecular flexibility index (Phi) is 6.28. The Morgan fingerprint density at radius 3 is 2.33 bits per heavy atom. The molecule has 0 bridgehead atoms. The van der Waals surface area contributed by atoms with Crippen molar-refractivity contribution in [2.45, 2.75) is 48.7 Å². The highest BCUT2D eigenvalue weighted by Gasteiger charge is 2.29. The van der Waals surface area contributed by atoms with E-state index in [2.05, 4.69) is 0 Å². The van der Waals surface area contributed by atoms with Crippen molar-refractivity contribution in [3.8, 4) is 0 Å². The van der Waals surface area contributed by atoms with Gasteiger partial charge in [0.25, 0.3) is 5.24 Å². The molecule has 0 aliphatic carbocycles. The van der Waals surface area contributed by atoms with Crippen molar-refractivity contribution >= 4 is 37.9 Å². The summed E-state index contributed by atoms with van der Waals surface area (Å²) < 4.78 is 36.4. The molecule has 21 heavy (non-hydrogen) atoms. The van der Waals surface area contributed by atoms with Crippen molar-refractivity contribution in [1.82, 2.24) is 0 Å². The fraction of sp³-hybridized carbons (Fsp3) is 0.500. The van der Waals surface area contributed by atoms with Gasteiger partial charge in [0.1, 0.15) is 10.1 Å². The molecule has 4 nitrogen and oxygen atoms in total. The highest BCUT2D eigenvalue weighted by molar-refractivity contribution is 7.94. The minimum atomic E-state index is -3.61. The standard InChI is InChI=1S/C14H19ClO4S2/c1-5-9(3)20(17)12-7-10(6-2)11(14(15)16)8-13(12)21(4,18)19/h7-9H,5-6H2,1-4H3. The van der Waals surface area contributed by atoms with E-state index < -0.39 is 26.3 Å². The molecule has 0 N–H and O–H groups in total. The van der Waals surface area contributed by atoms with E-state index in [-0.39, 0.29) is 20.6 Å². The van der Waals surface area contributed by atoms with Gasteiger partial charge in [0, 0.05) is 11.8 Å². The Bertz CT molecular complexity index is 641. The molecule has 118 valence electrons. The number of hydrogen-bond donors (Lipinski definition) is 0. The molecular weight excluding hydrogens is 332 g/mol. The Balaban J connectivity index is 3.65. The maximum Gasteiger partial charge on any atom is 0.252 e. The van der Waals surface area contributed by atoms with Crippen molar-refractivity contribution in [3.05, 3.63) is 23.3 Å². The molecule has 1 aromatic carbocycles. The zero-order valence-electron chi connectivity index (χ0n) is 12.5. The second-order valence-corrected chi connectivity index (χ2v) is 9.04. The molecule has 0 saturated heterocycles. The summed E-state index contributed by atoms with van der Waals surface area (Å²) in [5, 5.41) is -0.884. The van der Waals surface area contributed by atoms with Crippen LogP contribution in [-0.2, 0) is 27.4 Å². The molecule has 0 spiro atoms. The third-order valence-electron chi connectivity index (χ3n) is 3.32. The average molecular weight is 351 g/mol. The lowest BCUT2D eigenvalue weighted by molar-refractivity contribution is 0.108. The van der Waals surface area contributed by atoms with Crippen LogP contribution in [0.4, 0.5) is 0 Å². The molecule has 0 amide bonds. The largest absolute Gasteiger partial charge is 0.611 e. The number of carbonyl (C=O) groups excluding carboxylic acids is 1. The molecule has 1 rings (SSSR count). The highest BCUT2D eigenvalue weighted by atomic mass is 35.5. The number of aryl methyl sites for hydroxylation is 1. The number of sulfone groups is 1. The van der Waals surface area contributed by atoms with E-state index in [1.807, 2.05) is 13.8 Å². The van der Waals surface area contributed by atoms with Crippen LogP contribution in [-0.4, -0.2) is 29.7 Å².